The smallest absolute Gasteiger partial charge is 0.393 e. The Morgan fingerprint density at radius 2 is 1.94 bits per heavy atom. The summed E-state index contributed by atoms with van der Waals surface area (Å²) in [6.07, 6.45) is -2.54. The van der Waals surface area contributed by atoms with Gasteiger partial charge in [0.05, 0.1) is 6.42 Å². The van der Waals surface area contributed by atoms with Crippen molar-refractivity contribution in [3.8, 4) is 0 Å². The highest BCUT2D eigenvalue weighted by atomic mass is 19.4. The highest BCUT2D eigenvalue weighted by Gasteiger charge is 2.29. The standard InChI is InChI=1S/C10H8F3NO2/c11-10(12,13)6-8(5-9(15)16)7-1-3-14-4-2-7/h1-5H,6H2,(H,15,16)/b8-5+. The Balaban J connectivity index is 3.03. The molecule has 1 aromatic heterocycles. The minimum atomic E-state index is -4.44. The third-order valence-electron chi connectivity index (χ3n) is 1.74. The molecule has 86 valence electrons. The predicted octanol–water partition coefficient (Wildman–Crippen LogP) is 2.50. The largest absolute Gasteiger partial charge is 0.478 e. The monoisotopic (exact) mass is 231 g/mol. The van der Waals surface area contributed by atoms with E-state index in [1.807, 2.05) is 0 Å². The third-order valence-corrected chi connectivity index (χ3v) is 1.74. The summed E-state index contributed by atoms with van der Waals surface area (Å²) < 4.78 is 36.6. The van der Waals surface area contributed by atoms with E-state index in [-0.39, 0.29) is 11.1 Å². The Hall–Kier alpha value is -1.85. The van der Waals surface area contributed by atoms with Gasteiger partial charge in [0.2, 0.25) is 0 Å². The number of carboxylic acid groups (broad SMARTS) is 1. The van der Waals surface area contributed by atoms with Gasteiger partial charge in [0.15, 0.2) is 0 Å². The van der Waals surface area contributed by atoms with Crippen LogP contribution in [0, 0.1) is 0 Å². The van der Waals surface area contributed by atoms with Gasteiger partial charge in [0, 0.05) is 18.5 Å². The SMILES string of the molecule is O=C(O)/C=C(\CC(F)(F)F)c1ccncc1. The molecule has 0 amide bonds. The van der Waals surface area contributed by atoms with Crippen LogP contribution < -0.4 is 0 Å². The molecule has 1 N–H and O–H groups in total. The van der Waals surface area contributed by atoms with Crippen molar-refractivity contribution < 1.29 is 23.1 Å². The molecular weight excluding hydrogens is 223 g/mol. The van der Waals surface area contributed by atoms with Crippen molar-refractivity contribution in [1.29, 1.82) is 0 Å². The molecule has 1 rings (SSSR count). The quantitative estimate of drug-likeness (QED) is 0.813. The first-order valence-corrected chi connectivity index (χ1v) is 4.29. The van der Waals surface area contributed by atoms with Gasteiger partial charge in [0.1, 0.15) is 0 Å². The van der Waals surface area contributed by atoms with E-state index < -0.39 is 18.6 Å². The van der Waals surface area contributed by atoms with Crippen molar-refractivity contribution >= 4 is 11.5 Å². The molecule has 0 radical (unpaired) electrons. The maximum atomic E-state index is 12.2. The number of carbonyl (C=O) groups is 1. The van der Waals surface area contributed by atoms with Crippen LogP contribution in [0.1, 0.15) is 12.0 Å². The Morgan fingerprint density at radius 3 is 2.38 bits per heavy atom. The number of carboxylic acids is 1. The van der Waals surface area contributed by atoms with E-state index in [1.54, 1.807) is 0 Å². The minimum absolute atomic E-state index is 0.203. The highest BCUT2D eigenvalue weighted by Crippen LogP contribution is 2.29. The van der Waals surface area contributed by atoms with Gasteiger partial charge in [-0.3, -0.25) is 4.98 Å². The van der Waals surface area contributed by atoms with Crippen molar-refractivity contribution in [2.45, 2.75) is 12.6 Å². The van der Waals surface area contributed by atoms with E-state index in [4.69, 9.17) is 5.11 Å². The van der Waals surface area contributed by atoms with Gasteiger partial charge in [-0.25, -0.2) is 4.79 Å². The topological polar surface area (TPSA) is 50.2 Å². The number of nitrogens with zero attached hydrogens (tertiary/aromatic N) is 1. The summed E-state index contributed by atoms with van der Waals surface area (Å²) in [5, 5.41) is 8.48. The second kappa shape index (κ2) is 4.78. The molecule has 0 saturated heterocycles. The second-order valence-electron chi connectivity index (χ2n) is 3.04. The lowest BCUT2D eigenvalue weighted by Crippen LogP contribution is -2.09. The number of hydrogen-bond donors (Lipinski definition) is 1. The summed E-state index contributed by atoms with van der Waals surface area (Å²) in [7, 11) is 0. The van der Waals surface area contributed by atoms with Crippen LogP contribution >= 0.6 is 0 Å². The highest BCUT2D eigenvalue weighted by molar-refractivity contribution is 5.90. The maximum Gasteiger partial charge on any atom is 0.393 e. The molecule has 0 aliphatic carbocycles. The van der Waals surface area contributed by atoms with Crippen LogP contribution in [-0.4, -0.2) is 22.2 Å². The Labute approximate surface area is 89.2 Å². The number of alkyl halides is 3. The number of rotatable bonds is 3. The fourth-order valence-electron chi connectivity index (χ4n) is 1.17. The van der Waals surface area contributed by atoms with Crippen LogP contribution in [0.3, 0.4) is 0 Å². The first kappa shape index (κ1) is 12.2. The Bertz CT molecular complexity index is 398. The summed E-state index contributed by atoms with van der Waals surface area (Å²) in [5.74, 6) is -1.41. The summed E-state index contributed by atoms with van der Waals surface area (Å²) >= 11 is 0. The van der Waals surface area contributed by atoms with Crippen molar-refractivity contribution in [3.05, 3.63) is 36.2 Å². The second-order valence-corrected chi connectivity index (χ2v) is 3.04. The molecule has 0 aliphatic rings. The van der Waals surface area contributed by atoms with Gasteiger partial charge < -0.3 is 5.11 Å². The van der Waals surface area contributed by atoms with Gasteiger partial charge in [-0.2, -0.15) is 13.2 Å². The van der Waals surface area contributed by atoms with Crippen molar-refractivity contribution in [2.24, 2.45) is 0 Å². The molecule has 1 aromatic rings. The normalized spacial score (nSPS) is 12.6. The first-order chi connectivity index (χ1) is 7.38. The molecule has 3 nitrogen and oxygen atoms in total. The van der Waals surface area contributed by atoms with E-state index in [9.17, 15) is 18.0 Å². The fourth-order valence-corrected chi connectivity index (χ4v) is 1.17. The molecule has 0 spiro atoms. The van der Waals surface area contributed by atoms with Gasteiger partial charge in [-0.05, 0) is 23.3 Å². The average Bonchev–Trinajstić information content (AvgIpc) is 2.15. The molecule has 0 fully saturated rings. The maximum absolute atomic E-state index is 12.2. The number of hydrogen-bond acceptors (Lipinski definition) is 2. The lowest BCUT2D eigenvalue weighted by Gasteiger charge is -2.09. The molecule has 0 aliphatic heterocycles. The molecule has 0 unspecified atom stereocenters. The zero-order valence-corrected chi connectivity index (χ0v) is 8.03. The molecule has 16 heavy (non-hydrogen) atoms. The van der Waals surface area contributed by atoms with E-state index in [0.29, 0.717) is 6.08 Å². The lowest BCUT2D eigenvalue weighted by molar-refractivity contribution is -0.131. The van der Waals surface area contributed by atoms with Crippen molar-refractivity contribution in [3.63, 3.8) is 0 Å². The van der Waals surface area contributed by atoms with Crippen molar-refractivity contribution in [2.75, 3.05) is 0 Å². The van der Waals surface area contributed by atoms with Gasteiger partial charge in [-0.1, -0.05) is 0 Å². The Kier molecular flexibility index (Phi) is 3.65. The summed E-state index contributed by atoms with van der Waals surface area (Å²) in [6, 6.07) is 2.67. The van der Waals surface area contributed by atoms with Gasteiger partial charge in [0.25, 0.3) is 0 Å². The molecule has 6 heteroatoms. The predicted molar refractivity (Wildman–Crippen MR) is 50.5 cm³/mol. The molecule has 0 bridgehead atoms. The molecule has 0 saturated carbocycles. The zero-order valence-electron chi connectivity index (χ0n) is 8.03. The molecule has 0 atom stereocenters. The van der Waals surface area contributed by atoms with E-state index in [1.165, 1.54) is 24.5 Å². The Morgan fingerprint density at radius 1 is 1.38 bits per heavy atom. The molecular formula is C10H8F3NO2. The van der Waals surface area contributed by atoms with Crippen LogP contribution in [0.25, 0.3) is 5.57 Å². The lowest BCUT2D eigenvalue weighted by atomic mass is 10.0. The molecule has 1 heterocycles. The number of aromatic nitrogens is 1. The fraction of sp³-hybridized carbons (Fsp3) is 0.200. The summed E-state index contributed by atoms with van der Waals surface area (Å²) in [6.45, 7) is 0. The number of aliphatic carboxylic acids is 1. The minimum Gasteiger partial charge on any atom is -0.478 e. The van der Waals surface area contributed by atoms with E-state index in [2.05, 4.69) is 4.98 Å². The van der Waals surface area contributed by atoms with Crippen LogP contribution in [0.2, 0.25) is 0 Å². The zero-order chi connectivity index (χ0) is 12.2. The van der Waals surface area contributed by atoms with Crippen LogP contribution in [0.5, 0.6) is 0 Å². The first-order valence-electron chi connectivity index (χ1n) is 4.29. The van der Waals surface area contributed by atoms with Crippen LogP contribution in [-0.2, 0) is 4.79 Å². The summed E-state index contributed by atoms with van der Waals surface area (Å²) in [4.78, 5) is 14.1. The van der Waals surface area contributed by atoms with Crippen molar-refractivity contribution in [1.82, 2.24) is 4.98 Å². The van der Waals surface area contributed by atoms with E-state index >= 15 is 0 Å². The van der Waals surface area contributed by atoms with Crippen LogP contribution in [0.4, 0.5) is 13.2 Å². The number of pyridine rings is 1. The number of allylic oxidation sites excluding steroid dienone is 1. The molecule has 0 aromatic carbocycles. The van der Waals surface area contributed by atoms with Gasteiger partial charge >= 0.3 is 12.1 Å². The summed E-state index contributed by atoms with van der Waals surface area (Å²) in [5.41, 5.74) is -0.0860. The number of halogens is 3. The third kappa shape index (κ3) is 4.12. The average molecular weight is 231 g/mol. The van der Waals surface area contributed by atoms with E-state index in [0.717, 1.165) is 0 Å². The van der Waals surface area contributed by atoms with Gasteiger partial charge in [-0.15, -0.1) is 0 Å². The van der Waals surface area contributed by atoms with Crippen LogP contribution in [0.15, 0.2) is 30.6 Å².